The van der Waals surface area contributed by atoms with Crippen molar-refractivity contribution in [2.45, 2.75) is 12.8 Å². The van der Waals surface area contributed by atoms with Crippen molar-refractivity contribution in [3.63, 3.8) is 0 Å². The van der Waals surface area contributed by atoms with E-state index in [0.717, 1.165) is 52.1 Å². The molecule has 0 saturated carbocycles. The van der Waals surface area contributed by atoms with Gasteiger partial charge < -0.3 is 19.7 Å². The zero-order chi connectivity index (χ0) is 20.8. The quantitative estimate of drug-likeness (QED) is 0.715. The van der Waals surface area contributed by atoms with E-state index in [1.165, 1.54) is 14.2 Å². The van der Waals surface area contributed by atoms with Gasteiger partial charge in [0.15, 0.2) is 0 Å². The summed E-state index contributed by atoms with van der Waals surface area (Å²) < 4.78 is 10.5. The maximum absolute atomic E-state index is 12.5. The third-order valence-corrected chi connectivity index (χ3v) is 5.69. The van der Waals surface area contributed by atoms with Gasteiger partial charge in [0, 0.05) is 45.3 Å². The van der Waals surface area contributed by atoms with Crippen LogP contribution in [0.15, 0.2) is 12.1 Å². The average Bonchev–Trinajstić information content (AvgIpc) is 3.25. The number of likely N-dealkylation sites (tertiary alicyclic amines) is 1. The van der Waals surface area contributed by atoms with Crippen LogP contribution >= 0.6 is 11.6 Å². The molecule has 2 amide bonds. The van der Waals surface area contributed by atoms with Crippen molar-refractivity contribution in [2.75, 3.05) is 71.9 Å². The lowest BCUT2D eigenvalue weighted by molar-refractivity contribution is -0.132. The second-order valence-corrected chi connectivity index (χ2v) is 7.78. The molecule has 2 fully saturated rings. The second kappa shape index (κ2) is 10.1. The third kappa shape index (κ3) is 5.74. The SMILES string of the molecule is COc1cc(OC)c(NC(=O)CN2CCN(CC(=O)N3CCCC3)CC2)cc1Cl. The summed E-state index contributed by atoms with van der Waals surface area (Å²) in [6, 6.07) is 3.27. The number of rotatable bonds is 7. The molecule has 0 aliphatic carbocycles. The van der Waals surface area contributed by atoms with Crippen molar-refractivity contribution in [3.8, 4) is 11.5 Å². The molecule has 0 radical (unpaired) electrons. The van der Waals surface area contributed by atoms with Gasteiger partial charge in [-0.1, -0.05) is 11.6 Å². The Hall–Kier alpha value is -2.03. The lowest BCUT2D eigenvalue weighted by Crippen LogP contribution is -2.51. The fourth-order valence-electron chi connectivity index (χ4n) is 3.71. The summed E-state index contributed by atoms with van der Waals surface area (Å²) in [4.78, 5) is 31.0. The number of nitrogens with zero attached hydrogens (tertiary/aromatic N) is 3. The molecule has 8 nitrogen and oxygen atoms in total. The number of halogens is 1. The first-order chi connectivity index (χ1) is 14.0. The van der Waals surface area contributed by atoms with Crippen LogP contribution in [-0.2, 0) is 9.59 Å². The predicted molar refractivity (Wildman–Crippen MR) is 112 cm³/mol. The van der Waals surface area contributed by atoms with Gasteiger partial charge in [0.25, 0.3) is 0 Å². The molecule has 1 aromatic rings. The van der Waals surface area contributed by atoms with Crippen LogP contribution in [0.1, 0.15) is 12.8 Å². The molecule has 1 aromatic carbocycles. The minimum Gasteiger partial charge on any atom is -0.495 e. The molecule has 2 saturated heterocycles. The summed E-state index contributed by atoms with van der Waals surface area (Å²) in [7, 11) is 3.05. The minimum atomic E-state index is -0.133. The highest BCUT2D eigenvalue weighted by atomic mass is 35.5. The molecule has 9 heteroatoms. The molecule has 29 heavy (non-hydrogen) atoms. The van der Waals surface area contributed by atoms with Crippen LogP contribution in [0.2, 0.25) is 5.02 Å². The van der Waals surface area contributed by atoms with Gasteiger partial charge in [0.2, 0.25) is 11.8 Å². The van der Waals surface area contributed by atoms with Crippen LogP contribution in [0.5, 0.6) is 11.5 Å². The number of methoxy groups -OCH3 is 2. The smallest absolute Gasteiger partial charge is 0.238 e. The zero-order valence-electron chi connectivity index (χ0n) is 17.1. The van der Waals surface area contributed by atoms with Gasteiger partial charge >= 0.3 is 0 Å². The Morgan fingerprint density at radius 1 is 0.931 bits per heavy atom. The molecule has 0 bridgehead atoms. The fraction of sp³-hybridized carbons (Fsp3) is 0.600. The topological polar surface area (TPSA) is 74.4 Å². The normalized spacial score (nSPS) is 18.0. The van der Waals surface area contributed by atoms with Crippen molar-refractivity contribution in [2.24, 2.45) is 0 Å². The predicted octanol–water partition coefficient (Wildman–Crippen LogP) is 1.54. The summed E-state index contributed by atoms with van der Waals surface area (Å²) in [5, 5.41) is 3.26. The summed E-state index contributed by atoms with van der Waals surface area (Å²) in [6.07, 6.45) is 2.22. The Balaban J connectivity index is 1.46. The summed E-state index contributed by atoms with van der Waals surface area (Å²) in [6.45, 7) is 5.59. The van der Waals surface area contributed by atoms with Crippen LogP contribution in [-0.4, -0.2) is 93.1 Å². The van der Waals surface area contributed by atoms with Crippen LogP contribution in [0.25, 0.3) is 0 Å². The fourth-order valence-corrected chi connectivity index (χ4v) is 3.95. The Morgan fingerprint density at radius 2 is 1.52 bits per heavy atom. The molecule has 2 aliphatic heterocycles. The Kier molecular flexibility index (Phi) is 7.57. The molecule has 1 N–H and O–H groups in total. The van der Waals surface area contributed by atoms with Crippen molar-refractivity contribution in [1.29, 1.82) is 0 Å². The molecule has 0 spiro atoms. The number of hydrogen-bond acceptors (Lipinski definition) is 6. The maximum Gasteiger partial charge on any atom is 0.238 e. The van der Waals surface area contributed by atoms with Gasteiger partial charge in [0.05, 0.1) is 38.0 Å². The molecular weight excluding hydrogens is 396 g/mol. The molecule has 0 aromatic heterocycles. The number of nitrogens with one attached hydrogen (secondary N) is 1. The number of amides is 2. The highest BCUT2D eigenvalue weighted by Crippen LogP contribution is 2.35. The molecule has 0 atom stereocenters. The molecular formula is C20H29ClN4O4. The van der Waals surface area contributed by atoms with Gasteiger partial charge in [-0.25, -0.2) is 0 Å². The lowest BCUT2D eigenvalue weighted by Gasteiger charge is -2.34. The van der Waals surface area contributed by atoms with E-state index in [1.54, 1.807) is 12.1 Å². The number of anilines is 1. The van der Waals surface area contributed by atoms with E-state index < -0.39 is 0 Å². The summed E-state index contributed by atoms with van der Waals surface area (Å²) in [5.74, 6) is 1.06. The van der Waals surface area contributed by atoms with E-state index in [9.17, 15) is 9.59 Å². The van der Waals surface area contributed by atoms with Crippen LogP contribution in [0.4, 0.5) is 5.69 Å². The molecule has 0 unspecified atom stereocenters. The summed E-state index contributed by atoms with van der Waals surface area (Å²) in [5.41, 5.74) is 0.512. The van der Waals surface area contributed by atoms with Crippen molar-refractivity contribution < 1.29 is 19.1 Å². The first kappa shape index (κ1) is 21.7. The van der Waals surface area contributed by atoms with E-state index in [4.69, 9.17) is 21.1 Å². The maximum atomic E-state index is 12.5. The van der Waals surface area contributed by atoms with Crippen molar-refractivity contribution >= 4 is 29.1 Å². The van der Waals surface area contributed by atoms with E-state index in [0.29, 0.717) is 28.8 Å². The van der Waals surface area contributed by atoms with Crippen LogP contribution < -0.4 is 14.8 Å². The van der Waals surface area contributed by atoms with Gasteiger partial charge in [-0.15, -0.1) is 0 Å². The van der Waals surface area contributed by atoms with Crippen molar-refractivity contribution in [1.82, 2.24) is 14.7 Å². The number of benzene rings is 1. The monoisotopic (exact) mass is 424 g/mol. The van der Waals surface area contributed by atoms with E-state index in [1.807, 2.05) is 4.90 Å². The Labute approximate surface area is 176 Å². The molecule has 160 valence electrons. The second-order valence-electron chi connectivity index (χ2n) is 7.38. The third-order valence-electron chi connectivity index (χ3n) is 5.40. The number of carbonyl (C=O) groups excluding carboxylic acids is 2. The summed E-state index contributed by atoms with van der Waals surface area (Å²) >= 11 is 6.16. The van der Waals surface area contributed by atoms with Gasteiger partial charge in [0.1, 0.15) is 11.5 Å². The standard InChI is InChI=1S/C20H29ClN4O4/c1-28-17-12-18(29-2)16(11-15(17)21)22-19(26)13-23-7-9-24(10-8-23)14-20(27)25-5-3-4-6-25/h11-12H,3-10,13-14H2,1-2H3,(H,22,26). The van der Waals surface area contributed by atoms with E-state index in [2.05, 4.69) is 15.1 Å². The molecule has 2 aliphatic rings. The van der Waals surface area contributed by atoms with Crippen molar-refractivity contribution in [3.05, 3.63) is 17.2 Å². The minimum absolute atomic E-state index is 0.133. The highest BCUT2D eigenvalue weighted by molar-refractivity contribution is 6.32. The first-order valence-electron chi connectivity index (χ1n) is 9.94. The van der Waals surface area contributed by atoms with Crippen LogP contribution in [0, 0.1) is 0 Å². The van der Waals surface area contributed by atoms with Gasteiger partial charge in [-0.3, -0.25) is 19.4 Å². The van der Waals surface area contributed by atoms with Gasteiger partial charge in [-0.05, 0) is 18.9 Å². The number of ether oxygens (including phenoxy) is 2. The van der Waals surface area contributed by atoms with Crippen LogP contribution in [0.3, 0.4) is 0 Å². The Bertz CT molecular complexity index is 731. The number of carbonyl (C=O) groups is 2. The van der Waals surface area contributed by atoms with Gasteiger partial charge in [-0.2, -0.15) is 0 Å². The van der Waals surface area contributed by atoms with E-state index >= 15 is 0 Å². The molecule has 3 rings (SSSR count). The zero-order valence-corrected chi connectivity index (χ0v) is 17.8. The lowest BCUT2D eigenvalue weighted by atomic mass is 10.2. The first-order valence-corrected chi connectivity index (χ1v) is 10.3. The van der Waals surface area contributed by atoms with E-state index in [-0.39, 0.29) is 18.4 Å². The highest BCUT2D eigenvalue weighted by Gasteiger charge is 2.24. The number of hydrogen-bond donors (Lipinski definition) is 1. The average molecular weight is 425 g/mol. The molecule has 2 heterocycles. The Morgan fingerprint density at radius 3 is 2.10 bits per heavy atom. The largest absolute Gasteiger partial charge is 0.495 e. The number of piperazine rings is 1.